The number of carbonyl (C=O) groups is 1. The van der Waals surface area contributed by atoms with Crippen molar-refractivity contribution in [2.75, 3.05) is 6.54 Å². The largest absolute Gasteiger partial charge is 0.502 e. The van der Waals surface area contributed by atoms with Gasteiger partial charge in [0.1, 0.15) is 11.6 Å². The molecular formula is C21H24FN7O3. The summed E-state index contributed by atoms with van der Waals surface area (Å²) < 4.78 is 14.5. The molecule has 0 aliphatic carbocycles. The van der Waals surface area contributed by atoms with E-state index in [1.807, 2.05) is 13.8 Å². The van der Waals surface area contributed by atoms with Crippen LogP contribution in [0.1, 0.15) is 36.6 Å². The smallest absolute Gasteiger partial charge is 0.296 e. The lowest BCUT2D eigenvalue weighted by molar-refractivity contribution is -0.120. The molecule has 0 fully saturated rings. The summed E-state index contributed by atoms with van der Waals surface area (Å²) in [5.74, 6) is -0.818. The molecule has 0 saturated heterocycles. The number of halogens is 1. The number of nitrogens with zero attached hydrogens (tertiary/aromatic N) is 5. The summed E-state index contributed by atoms with van der Waals surface area (Å²) in [5, 5.41) is 23.6. The molecule has 0 saturated carbocycles. The van der Waals surface area contributed by atoms with Gasteiger partial charge in [0.15, 0.2) is 0 Å². The summed E-state index contributed by atoms with van der Waals surface area (Å²) in [6.07, 6.45) is 1.38. The van der Waals surface area contributed by atoms with Crippen LogP contribution in [0.5, 0.6) is 5.75 Å². The highest BCUT2D eigenvalue weighted by Crippen LogP contribution is 2.31. The normalized spacial score (nSPS) is 15.3. The molecule has 3 N–H and O–H groups in total. The Hall–Kier alpha value is -3.60. The molecule has 4 rings (SSSR count). The van der Waals surface area contributed by atoms with Crippen LogP contribution in [-0.4, -0.2) is 47.4 Å². The standard InChI is InChI=1S/C21H24FN7O3/c1-21(2)20-25-16(9-17(30)23-10-13-3-5-14(22)6-4-13)18(31)19(32)29(20)8-7-28(21)12-15-11-24-27-26-15/h3-6,11,31H,7-10,12H2,1-2H3,(H,23,30)(H,24,26,27). The maximum Gasteiger partial charge on any atom is 0.296 e. The average molecular weight is 441 g/mol. The van der Waals surface area contributed by atoms with Crippen LogP contribution in [0.25, 0.3) is 0 Å². The van der Waals surface area contributed by atoms with Crippen molar-refractivity contribution in [3.63, 3.8) is 0 Å². The molecule has 10 nitrogen and oxygen atoms in total. The van der Waals surface area contributed by atoms with Crippen LogP contribution in [0.3, 0.4) is 0 Å². The molecule has 0 unspecified atom stereocenters. The first-order valence-corrected chi connectivity index (χ1v) is 10.2. The Morgan fingerprint density at radius 1 is 1.28 bits per heavy atom. The molecule has 2 aromatic heterocycles. The lowest BCUT2D eigenvalue weighted by atomic mass is 9.97. The van der Waals surface area contributed by atoms with Crippen molar-refractivity contribution in [2.24, 2.45) is 0 Å². The third kappa shape index (κ3) is 4.24. The first-order chi connectivity index (χ1) is 15.3. The van der Waals surface area contributed by atoms with Gasteiger partial charge < -0.3 is 10.4 Å². The van der Waals surface area contributed by atoms with Crippen molar-refractivity contribution in [1.82, 2.24) is 35.2 Å². The van der Waals surface area contributed by atoms with E-state index in [0.717, 1.165) is 11.3 Å². The number of rotatable bonds is 6. The number of amides is 1. The Kier molecular flexibility index (Phi) is 5.74. The number of fused-ring (bicyclic) bond motifs is 1. The second-order valence-corrected chi connectivity index (χ2v) is 8.21. The molecule has 3 heterocycles. The number of carbonyl (C=O) groups excluding carboxylic acids is 1. The van der Waals surface area contributed by atoms with E-state index < -0.39 is 22.8 Å². The minimum atomic E-state index is -0.649. The number of nitrogens with one attached hydrogen (secondary N) is 2. The van der Waals surface area contributed by atoms with Crippen molar-refractivity contribution in [3.05, 3.63) is 69.4 Å². The predicted octanol–water partition coefficient (Wildman–Crippen LogP) is 0.816. The van der Waals surface area contributed by atoms with Gasteiger partial charge in [-0.1, -0.05) is 12.1 Å². The lowest BCUT2D eigenvalue weighted by Gasteiger charge is -2.42. The predicted molar refractivity (Wildman–Crippen MR) is 112 cm³/mol. The minimum absolute atomic E-state index is 0.0224. The van der Waals surface area contributed by atoms with Crippen LogP contribution in [0.4, 0.5) is 4.39 Å². The molecule has 32 heavy (non-hydrogen) atoms. The van der Waals surface area contributed by atoms with Crippen LogP contribution in [-0.2, 0) is 36.4 Å². The van der Waals surface area contributed by atoms with E-state index in [2.05, 4.69) is 30.6 Å². The van der Waals surface area contributed by atoms with E-state index in [-0.39, 0.29) is 24.5 Å². The third-order valence-electron chi connectivity index (χ3n) is 5.70. The zero-order valence-corrected chi connectivity index (χ0v) is 17.8. The minimum Gasteiger partial charge on any atom is -0.502 e. The Morgan fingerprint density at radius 3 is 2.72 bits per heavy atom. The van der Waals surface area contributed by atoms with Gasteiger partial charge in [-0.05, 0) is 31.5 Å². The van der Waals surface area contributed by atoms with Crippen molar-refractivity contribution in [2.45, 2.75) is 45.4 Å². The highest BCUT2D eigenvalue weighted by molar-refractivity contribution is 5.78. The third-order valence-corrected chi connectivity index (χ3v) is 5.70. The van der Waals surface area contributed by atoms with Crippen molar-refractivity contribution >= 4 is 5.91 Å². The van der Waals surface area contributed by atoms with E-state index in [0.29, 0.717) is 25.5 Å². The molecule has 1 aliphatic heterocycles. The summed E-state index contributed by atoms with van der Waals surface area (Å²) in [7, 11) is 0. The van der Waals surface area contributed by atoms with Crippen LogP contribution in [0, 0.1) is 5.82 Å². The fraction of sp³-hybridized carbons (Fsp3) is 0.381. The van der Waals surface area contributed by atoms with E-state index in [1.54, 1.807) is 18.3 Å². The molecule has 11 heteroatoms. The van der Waals surface area contributed by atoms with Gasteiger partial charge >= 0.3 is 0 Å². The number of H-pyrrole nitrogens is 1. The van der Waals surface area contributed by atoms with E-state index >= 15 is 0 Å². The number of benzene rings is 1. The van der Waals surface area contributed by atoms with Crippen LogP contribution in [0.15, 0.2) is 35.3 Å². The Balaban J connectivity index is 1.54. The number of aromatic nitrogens is 5. The maximum absolute atomic E-state index is 13.0. The summed E-state index contributed by atoms with van der Waals surface area (Å²) in [5.41, 5.74) is 0.295. The Labute approximate surface area is 183 Å². The van der Waals surface area contributed by atoms with Crippen molar-refractivity contribution < 1.29 is 14.3 Å². The highest BCUT2D eigenvalue weighted by Gasteiger charge is 2.38. The lowest BCUT2D eigenvalue weighted by Crippen LogP contribution is -2.52. The molecule has 1 aliphatic rings. The maximum atomic E-state index is 13.0. The molecule has 0 radical (unpaired) electrons. The summed E-state index contributed by atoms with van der Waals surface area (Å²) in [6.45, 7) is 5.48. The monoisotopic (exact) mass is 441 g/mol. The quantitative estimate of drug-likeness (QED) is 0.516. The fourth-order valence-corrected chi connectivity index (χ4v) is 3.82. The fourth-order valence-electron chi connectivity index (χ4n) is 3.82. The van der Waals surface area contributed by atoms with E-state index in [9.17, 15) is 19.1 Å². The molecule has 0 atom stereocenters. The first-order valence-electron chi connectivity index (χ1n) is 10.2. The zero-order chi connectivity index (χ0) is 22.9. The van der Waals surface area contributed by atoms with E-state index in [4.69, 9.17) is 0 Å². The van der Waals surface area contributed by atoms with Gasteiger partial charge in [0, 0.05) is 26.2 Å². The molecule has 3 aromatic rings. The van der Waals surface area contributed by atoms with Crippen molar-refractivity contribution in [3.8, 4) is 5.75 Å². The van der Waals surface area contributed by atoms with E-state index in [1.165, 1.54) is 16.7 Å². The molecule has 168 valence electrons. The summed E-state index contributed by atoms with van der Waals surface area (Å²) in [4.78, 5) is 31.9. The highest BCUT2D eigenvalue weighted by atomic mass is 19.1. The molecule has 1 aromatic carbocycles. The van der Waals surface area contributed by atoms with Gasteiger partial charge in [-0.25, -0.2) is 9.37 Å². The van der Waals surface area contributed by atoms with Gasteiger partial charge in [-0.2, -0.15) is 15.4 Å². The number of hydrogen-bond donors (Lipinski definition) is 3. The van der Waals surface area contributed by atoms with Gasteiger partial charge in [0.2, 0.25) is 11.7 Å². The SMILES string of the molecule is CC1(C)c2nc(CC(=O)NCc3ccc(F)cc3)c(O)c(=O)n2CCN1Cc1cn[nH]n1. The zero-order valence-electron chi connectivity index (χ0n) is 17.8. The Bertz CT molecular complexity index is 1170. The molecule has 0 spiro atoms. The summed E-state index contributed by atoms with van der Waals surface area (Å²) in [6, 6.07) is 5.77. The number of aromatic amines is 1. The topological polar surface area (TPSA) is 129 Å². The molecule has 0 bridgehead atoms. The molecule has 1 amide bonds. The Morgan fingerprint density at radius 2 is 2.03 bits per heavy atom. The van der Waals surface area contributed by atoms with Gasteiger partial charge in [-0.15, -0.1) is 0 Å². The first kappa shape index (κ1) is 21.6. The average Bonchev–Trinajstić information content (AvgIpc) is 3.27. The van der Waals surface area contributed by atoms with Crippen LogP contribution in [0.2, 0.25) is 0 Å². The van der Waals surface area contributed by atoms with Gasteiger partial charge in [0.25, 0.3) is 5.56 Å². The van der Waals surface area contributed by atoms with Gasteiger partial charge in [-0.3, -0.25) is 19.1 Å². The second-order valence-electron chi connectivity index (χ2n) is 8.21. The van der Waals surface area contributed by atoms with Crippen LogP contribution >= 0.6 is 0 Å². The van der Waals surface area contributed by atoms with Gasteiger partial charge in [0.05, 0.1) is 29.5 Å². The summed E-state index contributed by atoms with van der Waals surface area (Å²) >= 11 is 0. The van der Waals surface area contributed by atoms with Crippen LogP contribution < -0.4 is 10.9 Å². The van der Waals surface area contributed by atoms with Crippen molar-refractivity contribution in [1.29, 1.82) is 0 Å². The number of hydrogen-bond acceptors (Lipinski definition) is 7. The number of aromatic hydroxyl groups is 1. The second kappa shape index (κ2) is 8.50. The molecular weight excluding hydrogens is 417 g/mol.